The molecule has 1 aliphatic rings. The summed E-state index contributed by atoms with van der Waals surface area (Å²) in [4.78, 5) is 23.9. The smallest absolute Gasteiger partial charge is 0.323 e. The Morgan fingerprint density at radius 1 is 0.917 bits per heavy atom. The number of urea groups is 1. The number of carbonyl (C=O) groups is 2. The SMILES string of the molecule is COc1ccc(NC(=O)Nc2ccc(C(=O)NC3CC3)cc2)cc1. The van der Waals surface area contributed by atoms with Crippen molar-refractivity contribution in [2.75, 3.05) is 17.7 Å². The van der Waals surface area contributed by atoms with Crippen LogP contribution in [0, 0.1) is 0 Å². The molecule has 3 amide bonds. The maximum Gasteiger partial charge on any atom is 0.323 e. The van der Waals surface area contributed by atoms with Gasteiger partial charge in [0.1, 0.15) is 5.75 Å². The molecule has 0 bridgehead atoms. The number of methoxy groups -OCH3 is 1. The average molecular weight is 325 g/mol. The van der Waals surface area contributed by atoms with E-state index in [2.05, 4.69) is 16.0 Å². The number of ether oxygens (including phenoxy) is 1. The number of hydrogen-bond donors (Lipinski definition) is 3. The third kappa shape index (κ3) is 4.25. The summed E-state index contributed by atoms with van der Waals surface area (Å²) in [5.41, 5.74) is 1.86. The Balaban J connectivity index is 1.54. The normalized spacial score (nSPS) is 13.0. The van der Waals surface area contributed by atoms with Crippen LogP contribution in [0.25, 0.3) is 0 Å². The van der Waals surface area contributed by atoms with E-state index in [1.165, 1.54) is 0 Å². The molecule has 0 unspecified atom stereocenters. The molecule has 2 aromatic rings. The Labute approximate surface area is 140 Å². The molecule has 2 aromatic carbocycles. The van der Waals surface area contributed by atoms with E-state index in [1.807, 2.05) is 0 Å². The van der Waals surface area contributed by atoms with Gasteiger partial charge in [0.2, 0.25) is 0 Å². The van der Waals surface area contributed by atoms with Gasteiger partial charge in [-0.25, -0.2) is 4.79 Å². The topological polar surface area (TPSA) is 79.5 Å². The van der Waals surface area contributed by atoms with Gasteiger partial charge in [-0.2, -0.15) is 0 Å². The van der Waals surface area contributed by atoms with Crippen molar-refractivity contribution in [2.45, 2.75) is 18.9 Å². The second-order valence-electron chi connectivity index (χ2n) is 5.63. The molecular weight excluding hydrogens is 306 g/mol. The zero-order valence-electron chi connectivity index (χ0n) is 13.3. The fraction of sp³-hybridized carbons (Fsp3) is 0.222. The molecule has 6 nitrogen and oxygen atoms in total. The lowest BCUT2D eigenvalue weighted by Gasteiger charge is -2.09. The van der Waals surface area contributed by atoms with Crippen molar-refractivity contribution < 1.29 is 14.3 Å². The maximum atomic E-state index is 12.0. The summed E-state index contributed by atoms with van der Waals surface area (Å²) >= 11 is 0. The van der Waals surface area contributed by atoms with Gasteiger partial charge in [-0.05, 0) is 61.4 Å². The number of carbonyl (C=O) groups excluding carboxylic acids is 2. The number of anilines is 2. The molecule has 0 aromatic heterocycles. The highest BCUT2D eigenvalue weighted by atomic mass is 16.5. The Morgan fingerprint density at radius 3 is 1.96 bits per heavy atom. The first-order chi connectivity index (χ1) is 11.6. The molecular formula is C18H19N3O3. The van der Waals surface area contributed by atoms with Crippen molar-refractivity contribution in [1.29, 1.82) is 0 Å². The van der Waals surface area contributed by atoms with E-state index in [0.29, 0.717) is 23.0 Å². The quantitative estimate of drug-likeness (QED) is 0.789. The van der Waals surface area contributed by atoms with E-state index in [4.69, 9.17) is 4.74 Å². The molecule has 0 aliphatic heterocycles. The Hall–Kier alpha value is -3.02. The zero-order chi connectivity index (χ0) is 16.9. The first-order valence-electron chi connectivity index (χ1n) is 7.77. The average Bonchev–Trinajstić information content (AvgIpc) is 3.40. The van der Waals surface area contributed by atoms with Gasteiger partial charge in [-0.15, -0.1) is 0 Å². The molecule has 0 atom stereocenters. The minimum Gasteiger partial charge on any atom is -0.497 e. The molecule has 24 heavy (non-hydrogen) atoms. The molecule has 0 heterocycles. The van der Waals surface area contributed by atoms with Crippen LogP contribution >= 0.6 is 0 Å². The largest absolute Gasteiger partial charge is 0.497 e. The van der Waals surface area contributed by atoms with Crippen molar-refractivity contribution in [2.24, 2.45) is 0 Å². The van der Waals surface area contributed by atoms with E-state index in [1.54, 1.807) is 55.6 Å². The predicted molar refractivity (Wildman–Crippen MR) is 92.6 cm³/mol. The summed E-state index contributed by atoms with van der Waals surface area (Å²) in [6.45, 7) is 0. The number of benzene rings is 2. The fourth-order valence-electron chi connectivity index (χ4n) is 2.17. The third-order valence-corrected chi connectivity index (χ3v) is 3.67. The van der Waals surface area contributed by atoms with Gasteiger partial charge in [-0.1, -0.05) is 0 Å². The summed E-state index contributed by atoms with van der Waals surface area (Å²) in [6.07, 6.45) is 2.10. The van der Waals surface area contributed by atoms with E-state index in [-0.39, 0.29) is 11.9 Å². The third-order valence-electron chi connectivity index (χ3n) is 3.67. The molecule has 1 saturated carbocycles. The van der Waals surface area contributed by atoms with Gasteiger partial charge in [-0.3, -0.25) is 4.79 Å². The zero-order valence-corrected chi connectivity index (χ0v) is 13.3. The van der Waals surface area contributed by atoms with Crippen LogP contribution in [0.5, 0.6) is 5.75 Å². The minimum absolute atomic E-state index is 0.0771. The molecule has 0 saturated heterocycles. The number of nitrogens with one attached hydrogen (secondary N) is 3. The molecule has 0 radical (unpaired) electrons. The predicted octanol–water partition coefficient (Wildman–Crippen LogP) is 3.23. The monoisotopic (exact) mass is 325 g/mol. The van der Waals surface area contributed by atoms with Crippen molar-refractivity contribution in [3.05, 3.63) is 54.1 Å². The first-order valence-corrected chi connectivity index (χ1v) is 7.77. The van der Waals surface area contributed by atoms with Crippen molar-refractivity contribution in [3.8, 4) is 5.75 Å². The Morgan fingerprint density at radius 2 is 1.46 bits per heavy atom. The molecule has 124 valence electrons. The lowest BCUT2D eigenvalue weighted by atomic mass is 10.2. The molecule has 6 heteroatoms. The standard InChI is InChI=1S/C18H19N3O3/c1-24-16-10-8-15(9-11-16)21-18(23)20-14-4-2-12(3-5-14)17(22)19-13-6-7-13/h2-5,8-11,13H,6-7H2,1H3,(H,19,22)(H2,20,21,23). The lowest BCUT2D eigenvalue weighted by molar-refractivity contribution is 0.0951. The summed E-state index contributed by atoms with van der Waals surface area (Å²) < 4.78 is 5.07. The molecule has 1 aliphatic carbocycles. The highest BCUT2D eigenvalue weighted by Gasteiger charge is 2.23. The molecule has 0 spiro atoms. The number of hydrogen-bond acceptors (Lipinski definition) is 3. The van der Waals surface area contributed by atoms with Crippen LogP contribution in [0.4, 0.5) is 16.2 Å². The van der Waals surface area contributed by atoms with Gasteiger partial charge in [0.05, 0.1) is 7.11 Å². The van der Waals surface area contributed by atoms with Gasteiger partial charge in [0.25, 0.3) is 5.91 Å². The van der Waals surface area contributed by atoms with Crippen molar-refractivity contribution >= 4 is 23.3 Å². The van der Waals surface area contributed by atoms with Crippen molar-refractivity contribution in [3.63, 3.8) is 0 Å². The van der Waals surface area contributed by atoms with E-state index >= 15 is 0 Å². The summed E-state index contributed by atoms with van der Waals surface area (Å²) in [7, 11) is 1.59. The highest BCUT2D eigenvalue weighted by Crippen LogP contribution is 2.20. The molecule has 1 fully saturated rings. The fourth-order valence-corrected chi connectivity index (χ4v) is 2.17. The summed E-state index contributed by atoms with van der Waals surface area (Å²) in [5.74, 6) is 0.646. The second-order valence-corrected chi connectivity index (χ2v) is 5.63. The highest BCUT2D eigenvalue weighted by molar-refractivity contribution is 6.00. The molecule has 3 rings (SSSR count). The van der Waals surface area contributed by atoms with E-state index in [9.17, 15) is 9.59 Å². The number of rotatable bonds is 5. The second kappa shape index (κ2) is 7.04. The summed E-state index contributed by atoms with van der Waals surface area (Å²) in [6, 6.07) is 13.8. The van der Waals surface area contributed by atoms with Crippen LogP contribution in [-0.4, -0.2) is 25.1 Å². The first kappa shape index (κ1) is 15.9. The van der Waals surface area contributed by atoms with Crippen LogP contribution < -0.4 is 20.7 Å². The van der Waals surface area contributed by atoms with Crippen LogP contribution in [0.15, 0.2) is 48.5 Å². The van der Waals surface area contributed by atoms with Gasteiger partial charge < -0.3 is 20.7 Å². The van der Waals surface area contributed by atoms with E-state index in [0.717, 1.165) is 18.6 Å². The maximum absolute atomic E-state index is 12.0. The van der Waals surface area contributed by atoms with E-state index < -0.39 is 0 Å². The summed E-state index contributed by atoms with van der Waals surface area (Å²) in [5, 5.41) is 8.38. The van der Waals surface area contributed by atoms with Gasteiger partial charge >= 0.3 is 6.03 Å². The lowest BCUT2D eigenvalue weighted by Crippen LogP contribution is -2.25. The molecule has 3 N–H and O–H groups in total. The number of amides is 3. The minimum atomic E-state index is -0.352. The van der Waals surface area contributed by atoms with Crippen LogP contribution in [-0.2, 0) is 0 Å². The van der Waals surface area contributed by atoms with Gasteiger partial charge in [0.15, 0.2) is 0 Å². The Kier molecular flexibility index (Phi) is 4.65. The van der Waals surface area contributed by atoms with Crippen molar-refractivity contribution in [1.82, 2.24) is 5.32 Å². The van der Waals surface area contributed by atoms with Gasteiger partial charge in [0, 0.05) is 23.0 Å². The van der Waals surface area contributed by atoms with Crippen LogP contribution in [0.3, 0.4) is 0 Å². The van der Waals surface area contributed by atoms with Crippen LogP contribution in [0.1, 0.15) is 23.2 Å². The van der Waals surface area contributed by atoms with Crippen LogP contribution in [0.2, 0.25) is 0 Å². The Bertz CT molecular complexity index is 722.